The van der Waals surface area contributed by atoms with Crippen molar-refractivity contribution in [3.8, 4) is 0 Å². The van der Waals surface area contributed by atoms with Crippen molar-refractivity contribution in [1.29, 1.82) is 0 Å². The lowest BCUT2D eigenvalue weighted by Gasteiger charge is -2.36. The number of hydrogen-bond acceptors (Lipinski definition) is 3. The van der Waals surface area contributed by atoms with Crippen molar-refractivity contribution in [2.45, 2.75) is 57.9 Å². The van der Waals surface area contributed by atoms with E-state index in [-0.39, 0.29) is 5.91 Å². The average Bonchev–Trinajstić information content (AvgIpc) is 3.22. The summed E-state index contributed by atoms with van der Waals surface area (Å²) in [6, 6.07) is 0. The third-order valence-corrected chi connectivity index (χ3v) is 4.29. The fourth-order valence-electron chi connectivity index (χ4n) is 2.78. The van der Waals surface area contributed by atoms with Gasteiger partial charge in [-0.1, -0.05) is 26.7 Å². The Kier molecular flexibility index (Phi) is 6.80. The first kappa shape index (κ1) is 16.4. The first-order chi connectivity index (χ1) is 9.10. The molecule has 19 heavy (non-hydrogen) atoms. The van der Waals surface area contributed by atoms with E-state index in [4.69, 9.17) is 5.73 Å². The lowest BCUT2D eigenvalue weighted by Crippen LogP contribution is -2.62. The van der Waals surface area contributed by atoms with Gasteiger partial charge in [0.25, 0.3) is 0 Å². The summed E-state index contributed by atoms with van der Waals surface area (Å²) in [5.74, 6) is 0.247. The monoisotopic (exact) mass is 269 g/mol. The summed E-state index contributed by atoms with van der Waals surface area (Å²) >= 11 is 0. The molecule has 1 aliphatic rings. The highest BCUT2D eigenvalue weighted by atomic mass is 16.1. The van der Waals surface area contributed by atoms with Crippen LogP contribution < -0.4 is 11.1 Å². The van der Waals surface area contributed by atoms with Crippen LogP contribution >= 0.6 is 0 Å². The van der Waals surface area contributed by atoms with E-state index in [1.54, 1.807) is 0 Å². The van der Waals surface area contributed by atoms with Crippen LogP contribution in [-0.4, -0.2) is 43.0 Å². The zero-order chi connectivity index (χ0) is 14.3. The average molecular weight is 269 g/mol. The second-order valence-corrected chi connectivity index (χ2v) is 5.84. The number of rotatable bonds is 11. The van der Waals surface area contributed by atoms with E-state index < -0.39 is 5.54 Å². The van der Waals surface area contributed by atoms with Gasteiger partial charge < -0.3 is 16.0 Å². The van der Waals surface area contributed by atoms with Crippen LogP contribution in [-0.2, 0) is 4.79 Å². The van der Waals surface area contributed by atoms with Crippen LogP contribution in [0.15, 0.2) is 0 Å². The van der Waals surface area contributed by atoms with Gasteiger partial charge in [0.2, 0.25) is 5.91 Å². The largest absolute Gasteiger partial charge is 0.368 e. The molecule has 3 N–H and O–H groups in total. The molecule has 0 aromatic rings. The topological polar surface area (TPSA) is 58.4 Å². The summed E-state index contributed by atoms with van der Waals surface area (Å²) in [6.45, 7) is 7.32. The van der Waals surface area contributed by atoms with Gasteiger partial charge in [0, 0.05) is 6.54 Å². The standard InChI is InChI=1S/C15H31N3O/c1-4-6-10-18(11-7-5-2)12-15(17-3,14(16)19)13-8-9-13/h13,17H,4-12H2,1-3H3,(H2,16,19). The molecule has 0 spiro atoms. The Balaban J connectivity index is 2.68. The van der Waals surface area contributed by atoms with Gasteiger partial charge >= 0.3 is 0 Å². The van der Waals surface area contributed by atoms with Crippen molar-refractivity contribution < 1.29 is 4.79 Å². The number of carbonyl (C=O) groups excluding carboxylic acids is 1. The highest BCUT2D eigenvalue weighted by Crippen LogP contribution is 2.40. The zero-order valence-corrected chi connectivity index (χ0v) is 12.9. The Morgan fingerprint density at radius 2 is 1.79 bits per heavy atom. The van der Waals surface area contributed by atoms with Crippen molar-refractivity contribution in [2.75, 3.05) is 26.7 Å². The fraction of sp³-hybridized carbons (Fsp3) is 0.933. The quantitative estimate of drug-likeness (QED) is 0.601. The van der Waals surface area contributed by atoms with Crippen molar-refractivity contribution in [1.82, 2.24) is 10.2 Å². The number of unbranched alkanes of at least 4 members (excludes halogenated alkanes) is 2. The van der Waals surface area contributed by atoms with E-state index in [1.807, 2.05) is 7.05 Å². The normalized spacial score (nSPS) is 18.5. The lowest BCUT2D eigenvalue weighted by molar-refractivity contribution is -0.126. The molecule has 0 aliphatic heterocycles. The van der Waals surface area contributed by atoms with E-state index in [0.29, 0.717) is 5.92 Å². The molecule has 0 saturated heterocycles. The van der Waals surface area contributed by atoms with Gasteiger partial charge in [-0.25, -0.2) is 0 Å². The second kappa shape index (κ2) is 7.85. The fourth-order valence-corrected chi connectivity index (χ4v) is 2.78. The van der Waals surface area contributed by atoms with Crippen molar-refractivity contribution in [2.24, 2.45) is 11.7 Å². The van der Waals surface area contributed by atoms with Gasteiger partial charge in [-0.15, -0.1) is 0 Å². The van der Waals surface area contributed by atoms with E-state index in [0.717, 1.165) is 32.5 Å². The minimum absolute atomic E-state index is 0.185. The Labute approximate surface area is 118 Å². The van der Waals surface area contributed by atoms with Gasteiger partial charge in [-0.05, 0) is 51.7 Å². The molecule has 1 saturated carbocycles. The Morgan fingerprint density at radius 3 is 2.11 bits per heavy atom. The molecule has 0 bridgehead atoms. The Hall–Kier alpha value is -0.610. The van der Waals surface area contributed by atoms with Crippen molar-refractivity contribution in [3.05, 3.63) is 0 Å². The van der Waals surface area contributed by atoms with Gasteiger partial charge in [-0.3, -0.25) is 4.79 Å². The molecule has 1 amide bonds. The summed E-state index contributed by atoms with van der Waals surface area (Å²) in [5.41, 5.74) is 5.19. The summed E-state index contributed by atoms with van der Waals surface area (Å²) in [7, 11) is 1.88. The first-order valence-corrected chi connectivity index (χ1v) is 7.81. The van der Waals surface area contributed by atoms with Gasteiger partial charge in [-0.2, -0.15) is 0 Å². The van der Waals surface area contributed by atoms with Crippen LogP contribution in [0.1, 0.15) is 52.4 Å². The molecule has 1 atom stereocenters. The predicted molar refractivity (Wildman–Crippen MR) is 80.0 cm³/mol. The van der Waals surface area contributed by atoms with Crippen LogP contribution in [0.2, 0.25) is 0 Å². The van der Waals surface area contributed by atoms with Crippen molar-refractivity contribution >= 4 is 5.91 Å². The molecule has 1 rings (SSSR count). The third kappa shape index (κ3) is 4.46. The predicted octanol–water partition coefficient (Wildman–Crippen LogP) is 1.74. The SMILES string of the molecule is CCCCN(CCCC)CC(NC)(C(N)=O)C1CC1. The van der Waals surface area contributed by atoms with E-state index in [9.17, 15) is 4.79 Å². The number of primary amides is 1. The summed E-state index contributed by atoms with van der Waals surface area (Å²) in [6.07, 6.45) is 7.00. The number of likely N-dealkylation sites (N-methyl/N-ethyl adjacent to an activating group) is 1. The van der Waals surface area contributed by atoms with Gasteiger partial charge in [0.1, 0.15) is 5.54 Å². The maximum Gasteiger partial charge on any atom is 0.239 e. The number of nitrogens with zero attached hydrogens (tertiary/aromatic N) is 1. The molecule has 4 nitrogen and oxygen atoms in total. The first-order valence-electron chi connectivity index (χ1n) is 7.81. The molecule has 0 heterocycles. The zero-order valence-electron chi connectivity index (χ0n) is 12.9. The number of nitrogens with two attached hydrogens (primary N) is 1. The highest BCUT2D eigenvalue weighted by molar-refractivity contribution is 5.86. The number of nitrogens with one attached hydrogen (secondary N) is 1. The number of hydrogen-bond donors (Lipinski definition) is 2. The van der Waals surface area contributed by atoms with Crippen LogP contribution in [0.5, 0.6) is 0 Å². The van der Waals surface area contributed by atoms with Crippen LogP contribution in [0.25, 0.3) is 0 Å². The van der Waals surface area contributed by atoms with Crippen LogP contribution in [0.3, 0.4) is 0 Å². The molecular weight excluding hydrogens is 238 g/mol. The smallest absolute Gasteiger partial charge is 0.239 e. The van der Waals surface area contributed by atoms with Crippen LogP contribution in [0, 0.1) is 5.92 Å². The van der Waals surface area contributed by atoms with E-state index >= 15 is 0 Å². The number of carbonyl (C=O) groups is 1. The molecule has 112 valence electrons. The second-order valence-electron chi connectivity index (χ2n) is 5.84. The minimum Gasteiger partial charge on any atom is -0.368 e. The summed E-state index contributed by atoms with van der Waals surface area (Å²) < 4.78 is 0. The van der Waals surface area contributed by atoms with E-state index in [1.165, 1.54) is 25.7 Å². The molecule has 0 radical (unpaired) electrons. The molecular formula is C15H31N3O. The molecule has 1 unspecified atom stereocenters. The molecule has 1 aliphatic carbocycles. The molecule has 0 aromatic heterocycles. The van der Waals surface area contributed by atoms with Gasteiger partial charge in [0.15, 0.2) is 0 Å². The van der Waals surface area contributed by atoms with Gasteiger partial charge in [0.05, 0.1) is 0 Å². The van der Waals surface area contributed by atoms with Crippen molar-refractivity contribution in [3.63, 3.8) is 0 Å². The maximum atomic E-state index is 12.0. The Morgan fingerprint density at radius 1 is 1.26 bits per heavy atom. The Bertz CT molecular complexity index is 271. The summed E-state index contributed by atoms with van der Waals surface area (Å²) in [4.78, 5) is 14.4. The highest BCUT2D eigenvalue weighted by Gasteiger charge is 2.49. The molecule has 0 aromatic carbocycles. The summed E-state index contributed by atoms with van der Waals surface area (Å²) in [5, 5.41) is 3.24. The number of amides is 1. The third-order valence-electron chi connectivity index (χ3n) is 4.29. The van der Waals surface area contributed by atoms with Crippen LogP contribution in [0.4, 0.5) is 0 Å². The minimum atomic E-state index is -0.512. The van der Waals surface area contributed by atoms with E-state index in [2.05, 4.69) is 24.1 Å². The molecule has 1 fully saturated rings. The lowest BCUT2D eigenvalue weighted by atomic mass is 9.91. The maximum absolute atomic E-state index is 12.0. The molecule has 4 heteroatoms.